The molecule has 0 bridgehead atoms. The van der Waals surface area contributed by atoms with Crippen LogP contribution in [0.1, 0.15) is 21.5 Å². The molecule has 3 aromatic rings. The van der Waals surface area contributed by atoms with Crippen LogP contribution in [-0.4, -0.2) is 22.2 Å². The fourth-order valence-electron chi connectivity index (χ4n) is 2.50. The van der Waals surface area contributed by atoms with Crippen LogP contribution in [0.5, 0.6) is 0 Å². The Hall–Kier alpha value is -2.80. The van der Waals surface area contributed by atoms with Crippen LogP contribution in [0.2, 0.25) is 0 Å². The van der Waals surface area contributed by atoms with Crippen molar-refractivity contribution in [2.75, 3.05) is 11.9 Å². The van der Waals surface area contributed by atoms with Crippen LogP contribution in [-0.2, 0) is 0 Å². The maximum atomic E-state index is 12.2. The molecule has 0 aliphatic rings. The fraction of sp³-hybridized carbons (Fsp3) is 0.176. The van der Waals surface area contributed by atoms with Crippen LogP contribution in [0.4, 0.5) is 10.8 Å². The number of hydrogen-bond donors (Lipinski definition) is 1. The number of thiazole rings is 1. The number of aryl methyl sites for hydroxylation is 2. The second-order valence-corrected chi connectivity index (χ2v) is 6.56. The molecular formula is C17H15N3O3S. The third-order valence-electron chi connectivity index (χ3n) is 3.61. The van der Waals surface area contributed by atoms with Crippen molar-refractivity contribution in [3.05, 3.63) is 63.2 Å². The summed E-state index contributed by atoms with van der Waals surface area (Å²) >= 11 is 1.49. The van der Waals surface area contributed by atoms with Crippen molar-refractivity contribution in [1.82, 2.24) is 4.98 Å². The van der Waals surface area contributed by atoms with Crippen LogP contribution < -0.4 is 5.32 Å². The highest BCUT2D eigenvalue weighted by atomic mass is 32.1. The Morgan fingerprint density at radius 1 is 1.29 bits per heavy atom. The predicted octanol–water partition coefficient (Wildman–Crippen LogP) is 4.12. The molecule has 7 heteroatoms. The van der Waals surface area contributed by atoms with Crippen LogP contribution >= 0.6 is 11.3 Å². The molecule has 1 N–H and O–H groups in total. The van der Waals surface area contributed by atoms with Gasteiger partial charge in [-0.1, -0.05) is 29.5 Å². The number of anilines is 1. The molecule has 0 fully saturated rings. The number of non-ortho nitro benzene ring substituents is 1. The molecule has 2 aromatic carbocycles. The van der Waals surface area contributed by atoms with E-state index in [1.807, 2.05) is 13.8 Å². The Morgan fingerprint density at radius 2 is 2.08 bits per heavy atom. The third kappa shape index (κ3) is 3.26. The molecule has 0 amide bonds. The van der Waals surface area contributed by atoms with Gasteiger partial charge in [-0.15, -0.1) is 0 Å². The molecule has 0 atom stereocenters. The SMILES string of the molecule is Cc1cc(C)c2nc(NCC(=O)c3cccc([N+](=O)[O-])c3)sc2c1. The molecule has 0 saturated heterocycles. The summed E-state index contributed by atoms with van der Waals surface area (Å²) in [6.45, 7) is 4.08. The first-order chi connectivity index (χ1) is 11.4. The van der Waals surface area contributed by atoms with Crippen LogP contribution in [0.25, 0.3) is 10.2 Å². The van der Waals surface area contributed by atoms with E-state index in [0.29, 0.717) is 10.7 Å². The van der Waals surface area contributed by atoms with E-state index in [0.717, 1.165) is 15.8 Å². The molecular weight excluding hydrogens is 326 g/mol. The Bertz CT molecular complexity index is 949. The van der Waals surface area contributed by atoms with Gasteiger partial charge in [-0.2, -0.15) is 0 Å². The van der Waals surface area contributed by atoms with Gasteiger partial charge in [-0.05, 0) is 31.0 Å². The minimum atomic E-state index is -0.511. The first-order valence-corrected chi connectivity index (χ1v) is 8.15. The lowest BCUT2D eigenvalue weighted by Crippen LogP contribution is -2.14. The summed E-state index contributed by atoms with van der Waals surface area (Å²) in [4.78, 5) is 27.0. The number of Topliss-reactive ketones (excluding diaryl/α,β-unsaturated/α-hetero) is 1. The number of nitro benzene ring substituents is 1. The number of carbonyl (C=O) groups is 1. The minimum Gasteiger partial charge on any atom is -0.354 e. The quantitative estimate of drug-likeness (QED) is 0.429. The molecule has 1 heterocycles. The van der Waals surface area contributed by atoms with E-state index >= 15 is 0 Å². The van der Waals surface area contributed by atoms with Gasteiger partial charge in [0.25, 0.3) is 5.69 Å². The smallest absolute Gasteiger partial charge is 0.270 e. The average molecular weight is 341 g/mol. The molecule has 122 valence electrons. The van der Waals surface area contributed by atoms with E-state index in [1.54, 1.807) is 6.07 Å². The molecule has 0 unspecified atom stereocenters. The maximum Gasteiger partial charge on any atom is 0.270 e. The van der Waals surface area contributed by atoms with Gasteiger partial charge < -0.3 is 5.32 Å². The second kappa shape index (κ2) is 6.37. The van der Waals surface area contributed by atoms with Crippen molar-refractivity contribution in [2.24, 2.45) is 0 Å². The summed E-state index contributed by atoms with van der Waals surface area (Å²) in [7, 11) is 0. The number of nitrogens with one attached hydrogen (secondary N) is 1. The van der Waals surface area contributed by atoms with Gasteiger partial charge in [-0.3, -0.25) is 14.9 Å². The van der Waals surface area contributed by atoms with Crippen molar-refractivity contribution >= 4 is 38.2 Å². The van der Waals surface area contributed by atoms with Crippen LogP contribution in [0, 0.1) is 24.0 Å². The standard InChI is InChI=1S/C17H15N3O3S/c1-10-6-11(2)16-15(7-10)24-17(19-16)18-9-14(21)12-4-3-5-13(8-12)20(22)23/h3-8H,9H2,1-2H3,(H,18,19). The minimum absolute atomic E-state index is 0.0407. The summed E-state index contributed by atoms with van der Waals surface area (Å²) in [5.74, 6) is -0.217. The van der Waals surface area contributed by atoms with Crippen LogP contribution in [0.3, 0.4) is 0 Å². The van der Waals surface area contributed by atoms with E-state index in [4.69, 9.17) is 0 Å². The van der Waals surface area contributed by atoms with E-state index in [1.165, 1.54) is 35.1 Å². The van der Waals surface area contributed by atoms with Crippen molar-refractivity contribution in [3.8, 4) is 0 Å². The van der Waals surface area contributed by atoms with Gasteiger partial charge in [0, 0.05) is 17.7 Å². The fourth-order valence-corrected chi connectivity index (χ4v) is 3.53. The lowest BCUT2D eigenvalue weighted by molar-refractivity contribution is -0.384. The Kier molecular flexibility index (Phi) is 4.26. The Morgan fingerprint density at radius 3 is 2.83 bits per heavy atom. The average Bonchev–Trinajstić information content (AvgIpc) is 2.96. The Balaban J connectivity index is 1.76. The van der Waals surface area contributed by atoms with Gasteiger partial charge in [0.1, 0.15) is 0 Å². The molecule has 0 aliphatic heterocycles. The highest BCUT2D eigenvalue weighted by molar-refractivity contribution is 7.22. The number of aromatic nitrogens is 1. The van der Waals surface area contributed by atoms with Crippen molar-refractivity contribution < 1.29 is 9.72 Å². The number of ketones is 1. The number of rotatable bonds is 5. The highest BCUT2D eigenvalue weighted by Gasteiger charge is 2.13. The largest absolute Gasteiger partial charge is 0.354 e. The summed E-state index contributed by atoms with van der Waals surface area (Å²) in [5, 5.41) is 14.5. The van der Waals surface area contributed by atoms with E-state index in [2.05, 4.69) is 22.4 Å². The van der Waals surface area contributed by atoms with E-state index in [9.17, 15) is 14.9 Å². The number of nitrogens with zero attached hydrogens (tertiary/aromatic N) is 2. The van der Waals surface area contributed by atoms with Crippen molar-refractivity contribution in [2.45, 2.75) is 13.8 Å². The topological polar surface area (TPSA) is 85.1 Å². The van der Waals surface area contributed by atoms with Crippen molar-refractivity contribution in [1.29, 1.82) is 0 Å². The van der Waals surface area contributed by atoms with Gasteiger partial charge in [-0.25, -0.2) is 4.98 Å². The molecule has 0 spiro atoms. The number of benzene rings is 2. The first kappa shape index (κ1) is 16.1. The van der Waals surface area contributed by atoms with Crippen LogP contribution in [0.15, 0.2) is 36.4 Å². The highest BCUT2D eigenvalue weighted by Crippen LogP contribution is 2.29. The van der Waals surface area contributed by atoms with Gasteiger partial charge in [0.2, 0.25) is 0 Å². The van der Waals surface area contributed by atoms with E-state index < -0.39 is 4.92 Å². The molecule has 3 rings (SSSR count). The lowest BCUT2D eigenvalue weighted by atomic mass is 10.1. The number of nitro groups is 1. The number of fused-ring (bicyclic) bond motifs is 1. The molecule has 1 aromatic heterocycles. The molecule has 24 heavy (non-hydrogen) atoms. The molecule has 6 nitrogen and oxygen atoms in total. The normalized spacial score (nSPS) is 10.8. The predicted molar refractivity (Wildman–Crippen MR) is 95.0 cm³/mol. The summed E-state index contributed by atoms with van der Waals surface area (Å²) in [6, 6.07) is 9.87. The van der Waals surface area contributed by atoms with Gasteiger partial charge in [0.05, 0.1) is 21.7 Å². The lowest BCUT2D eigenvalue weighted by Gasteiger charge is -2.02. The third-order valence-corrected chi connectivity index (χ3v) is 4.57. The summed E-state index contributed by atoms with van der Waals surface area (Å²) in [6.07, 6.45) is 0. The number of hydrogen-bond acceptors (Lipinski definition) is 6. The second-order valence-electron chi connectivity index (χ2n) is 5.53. The zero-order chi connectivity index (χ0) is 17.3. The zero-order valence-electron chi connectivity index (χ0n) is 13.2. The molecule has 0 radical (unpaired) electrons. The zero-order valence-corrected chi connectivity index (χ0v) is 14.0. The molecule has 0 saturated carbocycles. The Labute approximate surface area is 142 Å². The summed E-state index contributed by atoms with van der Waals surface area (Å²) in [5.41, 5.74) is 3.41. The van der Waals surface area contributed by atoms with E-state index in [-0.39, 0.29) is 18.0 Å². The van der Waals surface area contributed by atoms with Crippen molar-refractivity contribution in [3.63, 3.8) is 0 Å². The maximum absolute atomic E-state index is 12.2. The van der Waals surface area contributed by atoms with Gasteiger partial charge >= 0.3 is 0 Å². The number of carbonyl (C=O) groups excluding carboxylic acids is 1. The first-order valence-electron chi connectivity index (χ1n) is 7.33. The summed E-state index contributed by atoms with van der Waals surface area (Å²) < 4.78 is 1.07. The monoisotopic (exact) mass is 341 g/mol. The molecule has 0 aliphatic carbocycles. The van der Waals surface area contributed by atoms with Gasteiger partial charge in [0.15, 0.2) is 10.9 Å².